The fraction of sp³-hybridized carbons (Fsp3) is 0.189. The molecule has 4 heteroatoms. The second kappa shape index (κ2) is 6.38. The molecule has 0 unspecified atom stereocenters. The Kier molecular flexibility index (Phi) is 3.47. The predicted molar refractivity (Wildman–Crippen MR) is 155 cm³/mol. The fourth-order valence-electron chi connectivity index (χ4n) is 9.22. The summed E-state index contributed by atoms with van der Waals surface area (Å²) in [5.41, 5.74) is 8.01. The molecular formula is C37H26F2N2+2. The Morgan fingerprint density at radius 1 is 0.512 bits per heavy atom. The molecule has 196 valence electrons. The van der Waals surface area contributed by atoms with Crippen LogP contribution in [0.4, 0.5) is 8.78 Å². The molecule has 0 bridgehead atoms. The molecule has 0 saturated heterocycles. The molecule has 0 saturated carbocycles. The zero-order valence-corrected chi connectivity index (χ0v) is 23.2. The highest BCUT2D eigenvalue weighted by Crippen LogP contribution is 2.60. The van der Waals surface area contributed by atoms with Crippen molar-refractivity contribution in [3.63, 3.8) is 0 Å². The summed E-state index contributed by atoms with van der Waals surface area (Å²) < 4.78 is 36.9. The van der Waals surface area contributed by atoms with Gasteiger partial charge in [-0.2, -0.15) is 0 Å². The Balaban J connectivity index is 1.52. The van der Waals surface area contributed by atoms with E-state index in [-0.39, 0.29) is 11.6 Å². The topological polar surface area (TPSA) is 7.76 Å². The average Bonchev–Trinajstić information content (AvgIpc) is 3.42. The van der Waals surface area contributed by atoms with Gasteiger partial charge in [0, 0.05) is 34.1 Å². The lowest BCUT2D eigenvalue weighted by molar-refractivity contribution is -0.954. The molecule has 4 aliphatic rings. The second-order valence-corrected chi connectivity index (χ2v) is 13.2. The van der Waals surface area contributed by atoms with Crippen molar-refractivity contribution in [2.45, 2.75) is 44.2 Å². The maximum absolute atomic E-state index is 16.1. The van der Waals surface area contributed by atoms with E-state index in [4.69, 9.17) is 0 Å². The number of aromatic nitrogens is 2. The molecule has 6 aromatic rings. The third-order valence-electron chi connectivity index (χ3n) is 10.8. The maximum atomic E-state index is 16.1. The van der Waals surface area contributed by atoms with Crippen LogP contribution in [0.25, 0.3) is 44.1 Å². The first-order valence-corrected chi connectivity index (χ1v) is 14.3. The van der Waals surface area contributed by atoms with E-state index < -0.39 is 16.5 Å². The van der Waals surface area contributed by atoms with Gasteiger partial charge in [0.15, 0.2) is 12.4 Å². The number of pyridine rings is 2. The standard InChI is InChI=1S/C37H26F2N2/c1-35(2)21-9-5-7-19-15-17-40-33(27(19)21)29-23(11-13-25(38)31(29)35)37(40)24-12-14-26(39)32-30(24)34-28-20(16-18-41(34)37)8-6-10-22(28)36(32,3)4/h5-18H,1-4H3/q+2. The molecule has 0 fully saturated rings. The molecule has 2 aliphatic carbocycles. The highest BCUT2D eigenvalue weighted by Gasteiger charge is 2.70. The molecule has 0 radical (unpaired) electrons. The molecule has 2 aliphatic heterocycles. The van der Waals surface area contributed by atoms with Gasteiger partial charge in [0.05, 0.1) is 21.9 Å². The SMILES string of the molecule is CC1(C)c2c(F)ccc3c2-c2c4c1cccc4cc[n+]2C31c2ccc(F)c3c2-c2c4c(cccc4cc[n+]21)C3(C)C. The van der Waals surface area contributed by atoms with Crippen LogP contribution in [0.3, 0.4) is 0 Å². The summed E-state index contributed by atoms with van der Waals surface area (Å²) in [6, 6.07) is 24.4. The molecule has 41 heavy (non-hydrogen) atoms. The molecule has 0 amide bonds. The second-order valence-electron chi connectivity index (χ2n) is 13.2. The van der Waals surface area contributed by atoms with Gasteiger partial charge in [0.1, 0.15) is 22.8 Å². The summed E-state index contributed by atoms with van der Waals surface area (Å²) in [4.78, 5) is 0. The Morgan fingerprint density at radius 2 is 0.951 bits per heavy atom. The Bertz CT molecular complexity index is 2130. The van der Waals surface area contributed by atoms with E-state index in [0.717, 1.165) is 66.7 Å². The third kappa shape index (κ3) is 2.06. The predicted octanol–water partition coefficient (Wildman–Crippen LogP) is 7.38. The molecule has 2 aromatic heterocycles. The first-order chi connectivity index (χ1) is 19.7. The number of benzene rings is 4. The van der Waals surface area contributed by atoms with Crippen molar-refractivity contribution in [2.24, 2.45) is 0 Å². The molecule has 2 nitrogen and oxygen atoms in total. The van der Waals surface area contributed by atoms with Gasteiger partial charge in [0.25, 0.3) is 0 Å². The van der Waals surface area contributed by atoms with Crippen LogP contribution in [0, 0.1) is 11.6 Å². The number of hydrogen-bond donors (Lipinski definition) is 0. The van der Waals surface area contributed by atoms with Gasteiger partial charge in [-0.25, -0.2) is 8.78 Å². The summed E-state index contributed by atoms with van der Waals surface area (Å²) in [6.45, 7) is 8.55. The quantitative estimate of drug-likeness (QED) is 0.179. The largest absolute Gasteiger partial charge is 0.417 e. The molecule has 1 spiro atoms. The number of fused-ring (bicyclic) bond motifs is 4. The van der Waals surface area contributed by atoms with Crippen molar-refractivity contribution >= 4 is 21.5 Å². The minimum Gasteiger partial charge on any atom is -0.207 e. The van der Waals surface area contributed by atoms with Crippen LogP contribution in [0.5, 0.6) is 0 Å². The maximum Gasteiger partial charge on any atom is 0.417 e. The molecular weight excluding hydrogens is 510 g/mol. The molecule has 4 aromatic carbocycles. The van der Waals surface area contributed by atoms with Crippen LogP contribution in [0.15, 0.2) is 85.2 Å². The van der Waals surface area contributed by atoms with E-state index in [0.29, 0.717) is 0 Å². The van der Waals surface area contributed by atoms with Gasteiger partial charge in [-0.05, 0) is 46.2 Å². The molecule has 0 atom stereocenters. The zero-order valence-electron chi connectivity index (χ0n) is 23.2. The monoisotopic (exact) mass is 536 g/mol. The van der Waals surface area contributed by atoms with E-state index in [1.807, 2.05) is 12.1 Å². The van der Waals surface area contributed by atoms with E-state index in [1.165, 1.54) is 10.8 Å². The summed E-state index contributed by atoms with van der Waals surface area (Å²) in [5, 5.41) is 4.64. The van der Waals surface area contributed by atoms with Crippen LogP contribution in [-0.4, -0.2) is 0 Å². The van der Waals surface area contributed by atoms with Crippen molar-refractivity contribution in [1.82, 2.24) is 0 Å². The number of halogens is 2. The number of nitrogens with zero attached hydrogens (tertiary/aromatic N) is 2. The van der Waals surface area contributed by atoms with Gasteiger partial charge >= 0.3 is 5.66 Å². The normalized spacial score (nSPS) is 18.1. The van der Waals surface area contributed by atoms with Gasteiger partial charge in [-0.15, -0.1) is 9.13 Å². The van der Waals surface area contributed by atoms with Crippen molar-refractivity contribution in [3.8, 4) is 22.5 Å². The molecule has 10 rings (SSSR count). The third-order valence-corrected chi connectivity index (χ3v) is 10.8. The Morgan fingerprint density at radius 3 is 1.39 bits per heavy atom. The van der Waals surface area contributed by atoms with E-state index in [2.05, 4.69) is 97.8 Å². The smallest absolute Gasteiger partial charge is 0.207 e. The molecule has 4 heterocycles. The van der Waals surface area contributed by atoms with E-state index >= 15 is 8.78 Å². The molecule has 0 N–H and O–H groups in total. The van der Waals surface area contributed by atoms with Gasteiger partial charge < -0.3 is 0 Å². The zero-order chi connectivity index (χ0) is 27.8. The first-order valence-electron chi connectivity index (χ1n) is 14.3. The average molecular weight is 537 g/mol. The van der Waals surface area contributed by atoms with Crippen LogP contribution in [-0.2, 0) is 16.5 Å². The van der Waals surface area contributed by atoms with Crippen LogP contribution in [0.1, 0.15) is 61.1 Å². The lowest BCUT2D eigenvalue weighted by Gasteiger charge is -2.32. The lowest BCUT2D eigenvalue weighted by atomic mass is 9.68. The highest BCUT2D eigenvalue weighted by atomic mass is 19.1. The minimum atomic E-state index is -0.816. The van der Waals surface area contributed by atoms with E-state index in [9.17, 15) is 0 Å². The van der Waals surface area contributed by atoms with Crippen molar-refractivity contribution in [2.75, 3.05) is 0 Å². The lowest BCUT2D eigenvalue weighted by Crippen LogP contribution is -2.71. The number of hydrogen-bond acceptors (Lipinski definition) is 0. The van der Waals surface area contributed by atoms with Crippen LogP contribution < -0.4 is 9.13 Å². The first kappa shape index (κ1) is 22.3. The van der Waals surface area contributed by atoms with Gasteiger partial charge in [-0.1, -0.05) is 64.1 Å². The van der Waals surface area contributed by atoms with Gasteiger partial charge in [-0.3, -0.25) is 0 Å². The van der Waals surface area contributed by atoms with Crippen LogP contribution in [0.2, 0.25) is 0 Å². The van der Waals surface area contributed by atoms with Crippen molar-refractivity contribution < 1.29 is 17.9 Å². The summed E-state index contributed by atoms with van der Waals surface area (Å²) >= 11 is 0. The number of rotatable bonds is 0. The summed E-state index contributed by atoms with van der Waals surface area (Å²) in [7, 11) is 0. The summed E-state index contributed by atoms with van der Waals surface area (Å²) in [5.74, 6) is -0.364. The summed E-state index contributed by atoms with van der Waals surface area (Å²) in [6.07, 6.45) is 4.32. The van der Waals surface area contributed by atoms with Crippen molar-refractivity contribution in [1.29, 1.82) is 0 Å². The minimum absolute atomic E-state index is 0.182. The highest BCUT2D eigenvalue weighted by molar-refractivity contribution is 6.04. The van der Waals surface area contributed by atoms with Crippen molar-refractivity contribution in [3.05, 3.63) is 130 Å². The van der Waals surface area contributed by atoms with Crippen LogP contribution >= 0.6 is 0 Å². The van der Waals surface area contributed by atoms with Gasteiger partial charge in [0.2, 0.25) is 11.4 Å². The fourth-order valence-corrected chi connectivity index (χ4v) is 9.22. The Labute approximate surface area is 236 Å². The van der Waals surface area contributed by atoms with E-state index in [1.54, 1.807) is 12.1 Å². The Hall–Kier alpha value is -4.44.